The minimum absolute atomic E-state index is 0.354. The van der Waals surface area contributed by atoms with E-state index in [1.54, 1.807) is 7.11 Å². The number of hydrogen-bond donors (Lipinski definition) is 0. The van der Waals surface area contributed by atoms with Crippen LogP contribution in [0.4, 0.5) is 5.69 Å². The highest BCUT2D eigenvalue weighted by Crippen LogP contribution is 2.37. The van der Waals surface area contributed by atoms with Gasteiger partial charge in [-0.1, -0.05) is 0 Å². The molecule has 6 heteroatoms. The number of nitrogens with zero attached hydrogens (tertiary/aromatic N) is 2. The van der Waals surface area contributed by atoms with Crippen LogP contribution in [0.3, 0.4) is 0 Å². The Morgan fingerprint density at radius 3 is 2.23 bits per heavy atom. The van der Waals surface area contributed by atoms with Crippen molar-refractivity contribution in [2.75, 3.05) is 39.2 Å². The van der Waals surface area contributed by atoms with Crippen LogP contribution in [0.15, 0.2) is 12.1 Å². The Morgan fingerprint density at radius 1 is 1.15 bits per heavy atom. The zero-order valence-corrected chi connectivity index (χ0v) is 17.3. The van der Waals surface area contributed by atoms with E-state index >= 15 is 0 Å². The Kier molecular flexibility index (Phi) is 5.30. The van der Waals surface area contributed by atoms with Gasteiger partial charge in [0.25, 0.3) is 0 Å². The summed E-state index contributed by atoms with van der Waals surface area (Å²) in [7, 11) is 5.62. The number of rotatable bonds is 4. The average Bonchev–Trinajstić information content (AvgIpc) is 2.82. The van der Waals surface area contributed by atoms with Gasteiger partial charge in [-0.3, -0.25) is 0 Å². The highest BCUT2D eigenvalue weighted by atomic mass is 16.7. The SMILES string of the molecule is COc1[c]cc(B2OC(C)(C)C(C)(C)O2)c(N2CCC(N(C)C)CC2)c1. The Morgan fingerprint density at radius 2 is 1.73 bits per heavy atom. The molecule has 1 radical (unpaired) electrons. The number of anilines is 1. The third-order valence-electron chi connectivity index (χ3n) is 6.20. The van der Waals surface area contributed by atoms with Gasteiger partial charge in [0.05, 0.1) is 18.3 Å². The van der Waals surface area contributed by atoms with E-state index in [0.29, 0.717) is 6.04 Å². The lowest BCUT2D eigenvalue weighted by Gasteiger charge is -2.37. The zero-order valence-electron chi connectivity index (χ0n) is 17.3. The summed E-state index contributed by atoms with van der Waals surface area (Å²) in [5.74, 6) is 0.745. The first-order valence-electron chi connectivity index (χ1n) is 9.51. The third kappa shape index (κ3) is 3.60. The molecule has 5 nitrogen and oxygen atoms in total. The molecule has 0 aliphatic carbocycles. The summed E-state index contributed by atoms with van der Waals surface area (Å²) < 4.78 is 18.0. The molecule has 0 aromatic heterocycles. The first-order chi connectivity index (χ1) is 12.1. The van der Waals surface area contributed by atoms with Crippen LogP contribution in [0.2, 0.25) is 0 Å². The summed E-state index contributed by atoms with van der Waals surface area (Å²) in [6, 6.07) is 7.88. The van der Waals surface area contributed by atoms with Crippen molar-refractivity contribution in [2.24, 2.45) is 0 Å². The Bertz CT molecular complexity index is 624. The molecule has 2 heterocycles. The van der Waals surface area contributed by atoms with Gasteiger partial charge in [0.2, 0.25) is 0 Å². The molecule has 2 aliphatic heterocycles. The topological polar surface area (TPSA) is 34.2 Å². The summed E-state index contributed by atoms with van der Waals surface area (Å²) in [6.07, 6.45) is 2.30. The third-order valence-corrected chi connectivity index (χ3v) is 6.20. The summed E-state index contributed by atoms with van der Waals surface area (Å²) >= 11 is 0. The van der Waals surface area contributed by atoms with E-state index in [-0.39, 0.29) is 18.3 Å². The van der Waals surface area contributed by atoms with Crippen molar-refractivity contribution in [1.82, 2.24) is 4.90 Å². The van der Waals surface area contributed by atoms with Crippen LogP contribution in [0, 0.1) is 6.07 Å². The van der Waals surface area contributed by atoms with Crippen LogP contribution in [0.25, 0.3) is 0 Å². The van der Waals surface area contributed by atoms with Gasteiger partial charge in [0, 0.05) is 42.4 Å². The number of benzene rings is 1. The summed E-state index contributed by atoms with van der Waals surface area (Å²) in [4.78, 5) is 4.75. The van der Waals surface area contributed by atoms with Crippen LogP contribution in [0.5, 0.6) is 5.75 Å². The quantitative estimate of drug-likeness (QED) is 0.771. The van der Waals surface area contributed by atoms with Crippen molar-refractivity contribution in [2.45, 2.75) is 57.8 Å². The second-order valence-corrected chi connectivity index (χ2v) is 8.61. The molecule has 2 aliphatic rings. The second kappa shape index (κ2) is 7.06. The molecule has 0 amide bonds. The monoisotopic (exact) mass is 359 g/mol. The minimum atomic E-state index is -0.385. The van der Waals surface area contributed by atoms with E-state index in [1.165, 1.54) is 0 Å². The molecule has 0 spiro atoms. The molecule has 0 atom stereocenters. The van der Waals surface area contributed by atoms with Gasteiger partial charge in [-0.05, 0) is 60.7 Å². The molecule has 1 aromatic carbocycles. The maximum atomic E-state index is 6.30. The summed E-state index contributed by atoms with van der Waals surface area (Å²) in [5.41, 5.74) is 1.46. The fourth-order valence-electron chi connectivity index (χ4n) is 3.65. The molecule has 2 saturated heterocycles. The first-order valence-corrected chi connectivity index (χ1v) is 9.51. The van der Waals surface area contributed by atoms with E-state index in [2.05, 4.69) is 63.7 Å². The van der Waals surface area contributed by atoms with Gasteiger partial charge in [-0.2, -0.15) is 0 Å². The molecule has 143 valence electrons. The summed E-state index contributed by atoms with van der Waals surface area (Å²) in [5, 5.41) is 0. The van der Waals surface area contributed by atoms with Crippen molar-refractivity contribution >= 4 is 18.3 Å². The molecule has 0 unspecified atom stereocenters. The lowest BCUT2D eigenvalue weighted by molar-refractivity contribution is 0.00578. The van der Waals surface area contributed by atoms with Crippen LogP contribution in [-0.2, 0) is 9.31 Å². The van der Waals surface area contributed by atoms with Gasteiger partial charge in [-0.15, -0.1) is 0 Å². The van der Waals surface area contributed by atoms with Gasteiger partial charge in [0.15, 0.2) is 0 Å². The summed E-state index contributed by atoms with van der Waals surface area (Å²) in [6.45, 7) is 10.4. The highest BCUT2D eigenvalue weighted by Gasteiger charge is 2.52. The standard InChI is InChI=1S/C20H32BN2O3/c1-19(2)20(3,4)26-21(25-19)17-9-8-16(24-7)14-18(17)23-12-10-15(11-13-23)22(5)6/h9,14-15H,10-13H2,1-7H3. The fraction of sp³-hybridized carbons (Fsp3) is 0.700. The minimum Gasteiger partial charge on any atom is -0.496 e. The van der Waals surface area contributed by atoms with E-state index in [4.69, 9.17) is 14.0 Å². The van der Waals surface area contributed by atoms with Gasteiger partial charge in [0.1, 0.15) is 5.75 Å². The largest absolute Gasteiger partial charge is 0.496 e. The van der Waals surface area contributed by atoms with E-state index < -0.39 is 0 Å². The van der Waals surface area contributed by atoms with E-state index in [0.717, 1.165) is 42.8 Å². The van der Waals surface area contributed by atoms with Gasteiger partial charge >= 0.3 is 7.12 Å². The van der Waals surface area contributed by atoms with Crippen molar-refractivity contribution in [1.29, 1.82) is 0 Å². The predicted octanol–water partition coefficient (Wildman–Crippen LogP) is 2.32. The molecule has 3 rings (SSSR count). The van der Waals surface area contributed by atoms with Crippen LogP contribution >= 0.6 is 0 Å². The maximum absolute atomic E-state index is 6.30. The molecule has 0 N–H and O–H groups in total. The number of hydrogen-bond acceptors (Lipinski definition) is 5. The first kappa shape index (κ1) is 19.5. The normalized spacial score (nSPS) is 22.9. The fourth-order valence-corrected chi connectivity index (χ4v) is 3.65. The van der Waals surface area contributed by atoms with Crippen molar-refractivity contribution in [3.63, 3.8) is 0 Å². The van der Waals surface area contributed by atoms with E-state index in [9.17, 15) is 0 Å². The van der Waals surface area contributed by atoms with Crippen molar-refractivity contribution < 1.29 is 14.0 Å². The van der Waals surface area contributed by atoms with Crippen molar-refractivity contribution in [3.8, 4) is 5.75 Å². The Hall–Kier alpha value is -1.24. The Labute approximate surface area is 158 Å². The van der Waals surface area contributed by atoms with Crippen molar-refractivity contribution in [3.05, 3.63) is 18.2 Å². The van der Waals surface area contributed by atoms with Crippen LogP contribution in [-0.4, -0.2) is 63.6 Å². The maximum Gasteiger partial charge on any atom is 0.496 e. The molecule has 0 saturated carbocycles. The molecular weight excluding hydrogens is 327 g/mol. The Balaban J connectivity index is 1.88. The molecule has 2 fully saturated rings. The lowest BCUT2D eigenvalue weighted by Crippen LogP contribution is -2.45. The number of piperidine rings is 1. The predicted molar refractivity (Wildman–Crippen MR) is 106 cm³/mol. The van der Waals surface area contributed by atoms with Crippen LogP contribution in [0.1, 0.15) is 40.5 Å². The molecule has 0 bridgehead atoms. The van der Waals surface area contributed by atoms with Gasteiger partial charge in [-0.25, -0.2) is 0 Å². The van der Waals surface area contributed by atoms with E-state index in [1.807, 2.05) is 6.07 Å². The van der Waals surface area contributed by atoms with Crippen LogP contribution < -0.4 is 15.1 Å². The smallest absolute Gasteiger partial charge is 0.496 e. The zero-order chi connectivity index (χ0) is 19.1. The number of ether oxygens (including phenoxy) is 1. The second-order valence-electron chi connectivity index (χ2n) is 8.61. The number of methoxy groups -OCH3 is 1. The molecular formula is C20H32BN2O3. The molecule has 1 aromatic rings. The average molecular weight is 359 g/mol. The lowest BCUT2D eigenvalue weighted by atomic mass is 9.77. The molecule has 26 heavy (non-hydrogen) atoms. The van der Waals surface area contributed by atoms with Gasteiger partial charge < -0.3 is 23.8 Å². The highest BCUT2D eigenvalue weighted by molar-refractivity contribution is 6.64.